The Labute approximate surface area is 82.9 Å². The molecule has 0 radical (unpaired) electrons. The Morgan fingerprint density at radius 1 is 1.15 bits per heavy atom. The Kier molecular flexibility index (Phi) is 6.29. The molecule has 0 saturated carbocycles. The van der Waals surface area contributed by atoms with E-state index in [0.717, 1.165) is 19.6 Å². The van der Waals surface area contributed by atoms with E-state index >= 15 is 0 Å². The lowest BCUT2D eigenvalue weighted by Gasteiger charge is -2.31. The topological polar surface area (TPSA) is 32.5 Å². The molecule has 0 heterocycles. The molecule has 0 aliphatic heterocycles. The van der Waals surface area contributed by atoms with Crippen molar-refractivity contribution in [2.75, 3.05) is 33.7 Å². The number of rotatable bonds is 6. The molecular formula is C10H25N3. The minimum absolute atomic E-state index is 0.268. The van der Waals surface area contributed by atoms with Gasteiger partial charge in [-0.2, -0.15) is 0 Å². The minimum Gasteiger partial charge on any atom is -0.327 e. The number of hydrogen-bond acceptors (Lipinski definition) is 3. The zero-order valence-electron chi connectivity index (χ0n) is 9.75. The van der Waals surface area contributed by atoms with Gasteiger partial charge in [0.15, 0.2) is 0 Å². The van der Waals surface area contributed by atoms with Gasteiger partial charge in [0, 0.05) is 25.2 Å². The molecule has 2 atom stereocenters. The highest BCUT2D eigenvalue weighted by Gasteiger charge is 2.13. The summed E-state index contributed by atoms with van der Waals surface area (Å²) in [5.74, 6) is 0. The monoisotopic (exact) mass is 187 g/mol. The summed E-state index contributed by atoms with van der Waals surface area (Å²) < 4.78 is 0. The molecule has 2 N–H and O–H groups in total. The number of likely N-dealkylation sites (N-methyl/N-ethyl adjacent to an activating group) is 2. The summed E-state index contributed by atoms with van der Waals surface area (Å²) in [5, 5.41) is 0. The molecule has 0 aliphatic rings. The van der Waals surface area contributed by atoms with Crippen LogP contribution in [0.5, 0.6) is 0 Å². The fourth-order valence-corrected chi connectivity index (χ4v) is 1.63. The van der Waals surface area contributed by atoms with E-state index in [4.69, 9.17) is 5.73 Å². The second-order valence-electron chi connectivity index (χ2n) is 4.18. The van der Waals surface area contributed by atoms with Crippen molar-refractivity contribution in [3.8, 4) is 0 Å². The Morgan fingerprint density at radius 2 is 1.69 bits per heavy atom. The quantitative estimate of drug-likeness (QED) is 0.661. The first-order valence-electron chi connectivity index (χ1n) is 5.11. The van der Waals surface area contributed by atoms with Crippen molar-refractivity contribution in [2.45, 2.75) is 32.9 Å². The molecule has 3 nitrogen and oxygen atoms in total. The zero-order valence-corrected chi connectivity index (χ0v) is 9.75. The van der Waals surface area contributed by atoms with Crippen LogP contribution in [0.25, 0.3) is 0 Å². The van der Waals surface area contributed by atoms with Crippen LogP contribution in [0.15, 0.2) is 0 Å². The molecular weight excluding hydrogens is 162 g/mol. The van der Waals surface area contributed by atoms with Crippen LogP contribution < -0.4 is 5.73 Å². The zero-order chi connectivity index (χ0) is 10.4. The van der Waals surface area contributed by atoms with Crippen molar-refractivity contribution < 1.29 is 0 Å². The van der Waals surface area contributed by atoms with Crippen LogP contribution in [0.2, 0.25) is 0 Å². The highest BCUT2D eigenvalue weighted by atomic mass is 15.2. The molecule has 0 bridgehead atoms. The van der Waals surface area contributed by atoms with Gasteiger partial charge < -0.3 is 10.6 Å². The van der Waals surface area contributed by atoms with Crippen molar-refractivity contribution in [2.24, 2.45) is 5.73 Å². The van der Waals surface area contributed by atoms with Crippen molar-refractivity contribution in [1.29, 1.82) is 0 Å². The third-order valence-corrected chi connectivity index (χ3v) is 2.18. The first kappa shape index (κ1) is 12.9. The molecule has 0 rings (SSSR count). The van der Waals surface area contributed by atoms with Crippen LogP contribution in [0, 0.1) is 0 Å². The molecule has 80 valence electrons. The summed E-state index contributed by atoms with van der Waals surface area (Å²) in [6.45, 7) is 9.67. The van der Waals surface area contributed by atoms with Gasteiger partial charge in [0.25, 0.3) is 0 Å². The standard InChI is InChI=1S/C10H25N3/c1-6-13(7-9(2)11)10(3)8-12(4)5/h9-10H,6-8,11H2,1-5H3. The maximum Gasteiger partial charge on any atom is 0.0195 e. The minimum atomic E-state index is 0.268. The molecule has 0 aromatic heterocycles. The van der Waals surface area contributed by atoms with Gasteiger partial charge in [-0.1, -0.05) is 6.92 Å². The third kappa shape index (κ3) is 6.02. The van der Waals surface area contributed by atoms with Crippen LogP contribution in [0.3, 0.4) is 0 Å². The summed E-state index contributed by atoms with van der Waals surface area (Å²) in [4.78, 5) is 4.64. The molecule has 13 heavy (non-hydrogen) atoms. The second kappa shape index (κ2) is 6.35. The number of hydrogen-bond donors (Lipinski definition) is 1. The predicted molar refractivity (Wildman–Crippen MR) is 58.9 cm³/mol. The highest BCUT2D eigenvalue weighted by molar-refractivity contribution is 4.71. The van der Waals surface area contributed by atoms with E-state index in [9.17, 15) is 0 Å². The number of nitrogens with two attached hydrogens (primary N) is 1. The van der Waals surface area contributed by atoms with Crippen molar-refractivity contribution in [1.82, 2.24) is 9.80 Å². The van der Waals surface area contributed by atoms with Gasteiger partial charge in [0.2, 0.25) is 0 Å². The van der Waals surface area contributed by atoms with Crippen molar-refractivity contribution in [3.05, 3.63) is 0 Å². The fraction of sp³-hybridized carbons (Fsp3) is 1.00. The second-order valence-corrected chi connectivity index (χ2v) is 4.18. The lowest BCUT2D eigenvalue weighted by atomic mass is 10.2. The predicted octanol–water partition coefficient (Wildman–Crippen LogP) is 0.606. The van der Waals surface area contributed by atoms with E-state index in [1.165, 1.54) is 0 Å². The molecule has 0 aromatic carbocycles. The average molecular weight is 187 g/mol. The lowest BCUT2D eigenvalue weighted by molar-refractivity contribution is 0.175. The normalized spacial score (nSPS) is 16.6. The van der Waals surface area contributed by atoms with Crippen LogP contribution in [-0.4, -0.2) is 55.6 Å². The summed E-state index contributed by atoms with van der Waals surface area (Å²) in [6.07, 6.45) is 0. The van der Waals surface area contributed by atoms with Gasteiger partial charge in [-0.15, -0.1) is 0 Å². The average Bonchev–Trinajstić information content (AvgIpc) is 1.98. The molecule has 2 unspecified atom stereocenters. The van der Waals surface area contributed by atoms with E-state index in [1.807, 2.05) is 0 Å². The van der Waals surface area contributed by atoms with Gasteiger partial charge in [0.05, 0.1) is 0 Å². The summed E-state index contributed by atoms with van der Waals surface area (Å²) in [6, 6.07) is 0.857. The van der Waals surface area contributed by atoms with E-state index in [0.29, 0.717) is 6.04 Å². The first-order valence-corrected chi connectivity index (χ1v) is 5.11. The number of nitrogens with zero attached hydrogens (tertiary/aromatic N) is 2. The summed E-state index contributed by atoms with van der Waals surface area (Å²) in [5.41, 5.74) is 5.78. The summed E-state index contributed by atoms with van der Waals surface area (Å²) >= 11 is 0. The Morgan fingerprint density at radius 3 is 2.00 bits per heavy atom. The Hall–Kier alpha value is -0.120. The highest BCUT2D eigenvalue weighted by Crippen LogP contribution is 2.00. The Balaban J connectivity index is 3.91. The largest absolute Gasteiger partial charge is 0.327 e. The van der Waals surface area contributed by atoms with E-state index in [-0.39, 0.29) is 6.04 Å². The molecule has 0 aromatic rings. The van der Waals surface area contributed by atoms with Crippen LogP contribution >= 0.6 is 0 Å². The molecule has 3 heteroatoms. The maximum absolute atomic E-state index is 5.78. The Bertz CT molecular complexity index is 123. The molecule has 0 fully saturated rings. The maximum atomic E-state index is 5.78. The lowest BCUT2D eigenvalue weighted by Crippen LogP contribution is -2.45. The third-order valence-electron chi connectivity index (χ3n) is 2.18. The van der Waals surface area contributed by atoms with Gasteiger partial charge in [-0.25, -0.2) is 0 Å². The van der Waals surface area contributed by atoms with E-state index in [1.54, 1.807) is 0 Å². The first-order chi connectivity index (χ1) is 5.97. The summed E-state index contributed by atoms with van der Waals surface area (Å²) in [7, 11) is 4.21. The molecule has 0 aliphatic carbocycles. The van der Waals surface area contributed by atoms with Crippen molar-refractivity contribution in [3.63, 3.8) is 0 Å². The van der Waals surface area contributed by atoms with Gasteiger partial charge in [-0.05, 0) is 34.5 Å². The fourth-order valence-electron chi connectivity index (χ4n) is 1.63. The SMILES string of the molecule is CCN(CC(C)N)C(C)CN(C)C. The molecule has 0 spiro atoms. The van der Waals surface area contributed by atoms with E-state index < -0.39 is 0 Å². The van der Waals surface area contributed by atoms with Crippen LogP contribution in [-0.2, 0) is 0 Å². The van der Waals surface area contributed by atoms with Gasteiger partial charge in [-0.3, -0.25) is 4.90 Å². The smallest absolute Gasteiger partial charge is 0.0195 e. The molecule has 0 saturated heterocycles. The van der Waals surface area contributed by atoms with Crippen molar-refractivity contribution >= 4 is 0 Å². The van der Waals surface area contributed by atoms with Gasteiger partial charge >= 0.3 is 0 Å². The van der Waals surface area contributed by atoms with Crippen LogP contribution in [0.4, 0.5) is 0 Å². The van der Waals surface area contributed by atoms with Gasteiger partial charge in [0.1, 0.15) is 0 Å². The van der Waals surface area contributed by atoms with Crippen LogP contribution in [0.1, 0.15) is 20.8 Å². The van der Waals surface area contributed by atoms with E-state index in [2.05, 4.69) is 44.7 Å². The molecule has 0 amide bonds.